The fourth-order valence-corrected chi connectivity index (χ4v) is 1.55. The summed E-state index contributed by atoms with van der Waals surface area (Å²) in [6, 6.07) is 12.0. The van der Waals surface area contributed by atoms with Gasteiger partial charge in [0.1, 0.15) is 12.8 Å². The average Bonchev–Trinajstić information content (AvgIpc) is 2.52. The van der Waals surface area contributed by atoms with Crippen molar-refractivity contribution in [1.82, 2.24) is 4.98 Å². The minimum absolute atomic E-state index is 0.0702. The van der Waals surface area contributed by atoms with E-state index in [0.29, 0.717) is 0 Å². The molecule has 0 spiro atoms. The lowest BCUT2D eigenvalue weighted by molar-refractivity contribution is -0.390. The number of nitro groups is 1. The molecule has 0 aliphatic carbocycles. The number of aromatic nitrogens is 1. The molecular formula is C14H12N2O5. The molecule has 0 saturated heterocycles. The van der Waals surface area contributed by atoms with Crippen molar-refractivity contribution >= 4 is 11.8 Å². The summed E-state index contributed by atoms with van der Waals surface area (Å²) in [6.45, 7) is -0.294. The van der Waals surface area contributed by atoms with Crippen molar-refractivity contribution in [3.63, 3.8) is 0 Å². The molecular weight excluding hydrogens is 276 g/mol. The molecule has 0 unspecified atom stereocenters. The quantitative estimate of drug-likeness (QED) is 0.459. The topological polar surface area (TPSA) is 91.6 Å². The van der Waals surface area contributed by atoms with Crippen LogP contribution in [0.5, 0.6) is 5.75 Å². The minimum atomic E-state index is -0.676. The number of nitrogens with zero attached hydrogens (tertiary/aromatic N) is 2. The van der Waals surface area contributed by atoms with Crippen LogP contribution < -0.4 is 4.74 Å². The summed E-state index contributed by atoms with van der Waals surface area (Å²) >= 11 is 0. The zero-order valence-electron chi connectivity index (χ0n) is 11.0. The Morgan fingerprint density at radius 3 is 2.67 bits per heavy atom. The first-order valence-corrected chi connectivity index (χ1v) is 6.08. The van der Waals surface area contributed by atoms with Crippen molar-refractivity contribution in [1.29, 1.82) is 0 Å². The number of carbonyl (C=O) groups is 1. The Labute approximate surface area is 120 Å². The molecule has 2 aromatic rings. The lowest BCUT2D eigenvalue weighted by Gasteiger charge is -2.07. The number of pyridine rings is 1. The first-order valence-electron chi connectivity index (χ1n) is 6.08. The lowest BCUT2D eigenvalue weighted by atomic mass is 10.2. The first-order chi connectivity index (χ1) is 10.2. The van der Waals surface area contributed by atoms with Gasteiger partial charge in [-0.05, 0) is 27.6 Å². The van der Waals surface area contributed by atoms with Gasteiger partial charge < -0.3 is 19.6 Å². The number of benzene rings is 1. The third-order valence-electron chi connectivity index (χ3n) is 2.51. The summed E-state index contributed by atoms with van der Waals surface area (Å²) in [6.07, 6.45) is 1.28. The van der Waals surface area contributed by atoms with Gasteiger partial charge in [0.15, 0.2) is 6.61 Å². The molecule has 0 fully saturated rings. The van der Waals surface area contributed by atoms with Crippen LogP contribution in [-0.2, 0) is 16.1 Å². The van der Waals surface area contributed by atoms with Crippen LogP contribution in [0, 0.1) is 10.1 Å². The maximum Gasteiger partial charge on any atom is 0.406 e. The van der Waals surface area contributed by atoms with Crippen LogP contribution in [0.15, 0.2) is 48.7 Å². The second-order valence-corrected chi connectivity index (χ2v) is 4.02. The van der Waals surface area contributed by atoms with Gasteiger partial charge in [0.25, 0.3) is 0 Å². The highest BCUT2D eigenvalue weighted by Crippen LogP contribution is 2.22. The van der Waals surface area contributed by atoms with E-state index in [4.69, 9.17) is 9.47 Å². The molecule has 0 amide bonds. The van der Waals surface area contributed by atoms with Crippen LogP contribution in [0.4, 0.5) is 5.82 Å². The molecule has 1 heterocycles. The Balaban J connectivity index is 1.86. The normalized spacial score (nSPS) is 9.90. The molecule has 2 rings (SSSR count). The highest BCUT2D eigenvalue weighted by atomic mass is 16.6. The second-order valence-electron chi connectivity index (χ2n) is 4.02. The van der Waals surface area contributed by atoms with E-state index < -0.39 is 23.3 Å². The largest absolute Gasteiger partial charge is 0.474 e. The summed E-state index contributed by atoms with van der Waals surface area (Å²) in [4.78, 5) is 25.2. The predicted octanol–water partition coefficient (Wildman–Crippen LogP) is 2.11. The number of rotatable bonds is 6. The Hall–Kier alpha value is -2.96. The molecule has 108 valence electrons. The van der Waals surface area contributed by atoms with Crippen LogP contribution in [0.1, 0.15) is 5.56 Å². The van der Waals surface area contributed by atoms with E-state index in [9.17, 15) is 14.9 Å². The van der Waals surface area contributed by atoms with E-state index in [1.807, 2.05) is 30.3 Å². The monoisotopic (exact) mass is 288 g/mol. The molecule has 1 aromatic carbocycles. The molecule has 0 atom stereocenters. The van der Waals surface area contributed by atoms with Gasteiger partial charge in [-0.2, -0.15) is 0 Å². The van der Waals surface area contributed by atoms with Crippen molar-refractivity contribution < 1.29 is 19.2 Å². The molecule has 0 aliphatic heterocycles. The van der Waals surface area contributed by atoms with Crippen LogP contribution in [0.3, 0.4) is 0 Å². The maximum atomic E-state index is 11.5. The molecule has 0 bridgehead atoms. The number of carbonyl (C=O) groups excluding carboxylic acids is 1. The maximum absolute atomic E-state index is 11.5. The van der Waals surface area contributed by atoms with Gasteiger partial charge in [-0.25, -0.2) is 4.79 Å². The standard InChI is InChI=1S/C14H12N2O5/c17-13(21-9-11-5-2-1-3-6-11)10-20-12-7-4-8-15-14(12)16(18)19/h1-8H,9-10H2. The van der Waals surface area contributed by atoms with Gasteiger partial charge in [0.2, 0.25) is 5.75 Å². The van der Waals surface area contributed by atoms with E-state index in [-0.39, 0.29) is 12.4 Å². The summed E-state index contributed by atoms with van der Waals surface area (Å²) in [5, 5.41) is 10.7. The SMILES string of the molecule is O=C(COc1cccnc1[N+](=O)[O-])OCc1ccccc1. The fraction of sp³-hybridized carbons (Fsp3) is 0.143. The van der Waals surface area contributed by atoms with E-state index in [1.165, 1.54) is 18.3 Å². The molecule has 0 aliphatic rings. The fourth-order valence-electron chi connectivity index (χ4n) is 1.55. The predicted molar refractivity (Wildman–Crippen MR) is 72.6 cm³/mol. The summed E-state index contributed by atoms with van der Waals surface area (Å²) < 4.78 is 10.1. The van der Waals surface area contributed by atoms with Crippen molar-refractivity contribution in [2.24, 2.45) is 0 Å². The van der Waals surface area contributed by atoms with Crippen molar-refractivity contribution in [3.05, 3.63) is 64.3 Å². The zero-order valence-corrected chi connectivity index (χ0v) is 11.0. The lowest BCUT2D eigenvalue weighted by Crippen LogP contribution is -2.15. The van der Waals surface area contributed by atoms with Gasteiger partial charge in [-0.3, -0.25) is 0 Å². The highest BCUT2D eigenvalue weighted by Gasteiger charge is 2.16. The Morgan fingerprint density at radius 2 is 1.95 bits per heavy atom. The molecule has 0 saturated carbocycles. The van der Waals surface area contributed by atoms with Crippen molar-refractivity contribution in [2.75, 3.05) is 6.61 Å². The molecule has 1 aromatic heterocycles. The van der Waals surface area contributed by atoms with Crippen LogP contribution in [0.2, 0.25) is 0 Å². The molecule has 21 heavy (non-hydrogen) atoms. The highest BCUT2D eigenvalue weighted by molar-refractivity contribution is 5.71. The number of esters is 1. The Morgan fingerprint density at radius 1 is 1.19 bits per heavy atom. The first kappa shape index (κ1) is 14.4. The molecule has 7 heteroatoms. The molecule has 0 N–H and O–H groups in total. The van der Waals surface area contributed by atoms with E-state index >= 15 is 0 Å². The van der Waals surface area contributed by atoms with E-state index in [2.05, 4.69) is 4.98 Å². The molecule has 7 nitrogen and oxygen atoms in total. The number of hydrogen-bond acceptors (Lipinski definition) is 6. The summed E-state index contributed by atoms with van der Waals surface area (Å²) in [5.74, 6) is -1.12. The summed E-state index contributed by atoms with van der Waals surface area (Å²) in [5.41, 5.74) is 0.846. The Bertz CT molecular complexity index is 630. The van der Waals surface area contributed by atoms with Gasteiger partial charge in [0, 0.05) is 0 Å². The molecule has 0 radical (unpaired) electrons. The van der Waals surface area contributed by atoms with Crippen LogP contribution in [0.25, 0.3) is 0 Å². The summed E-state index contributed by atoms with van der Waals surface area (Å²) in [7, 11) is 0. The Kier molecular flexibility index (Phi) is 4.81. The smallest absolute Gasteiger partial charge is 0.406 e. The van der Waals surface area contributed by atoms with Gasteiger partial charge in [0.05, 0.1) is 0 Å². The number of hydrogen-bond donors (Lipinski definition) is 0. The number of ether oxygens (including phenoxy) is 2. The minimum Gasteiger partial charge on any atom is -0.474 e. The van der Waals surface area contributed by atoms with Gasteiger partial charge in [-0.1, -0.05) is 30.3 Å². The van der Waals surface area contributed by atoms with Crippen LogP contribution >= 0.6 is 0 Å². The average molecular weight is 288 g/mol. The zero-order chi connectivity index (χ0) is 15.1. The third-order valence-corrected chi connectivity index (χ3v) is 2.51. The van der Waals surface area contributed by atoms with Gasteiger partial charge in [-0.15, -0.1) is 0 Å². The van der Waals surface area contributed by atoms with Crippen molar-refractivity contribution in [3.8, 4) is 5.75 Å². The van der Waals surface area contributed by atoms with E-state index in [1.54, 1.807) is 0 Å². The third kappa shape index (κ3) is 4.27. The second kappa shape index (κ2) is 6.99. The van der Waals surface area contributed by atoms with Gasteiger partial charge >= 0.3 is 11.8 Å². The van der Waals surface area contributed by atoms with Crippen LogP contribution in [-0.4, -0.2) is 22.5 Å². The van der Waals surface area contributed by atoms with Crippen molar-refractivity contribution in [2.45, 2.75) is 6.61 Å². The van der Waals surface area contributed by atoms with E-state index in [0.717, 1.165) is 5.56 Å².